The first-order valence-corrected chi connectivity index (χ1v) is 10.2. The number of nitrogens with zero attached hydrogens (tertiary/aromatic N) is 4. The highest BCUT2D eigenvalue weighted by Gasteiger charge is 2.29. The number of hydrogen-bond acceptors (Lipinski definition) is 5. The third kappa shape index (κ3) is 4.82. The molecule has 1 aliphatic rings. The molecule has 1 aromatic carbocycles. The van der Waals surface area contributed by atoms with E-state index in [-0.39, 0.29) is 17.4 Å². The van der Waals surface area contributed by atoms with Crippen LogP contribution in [-0.2, 0) is 16.6 Å². The Morgan fingerprint density at radius 2 is 1.85 bits per heavy atom. The fourth-order valence-corrected chi connectivity index (χ4v) is 4.47. The third-order valence-electron chi connectivity index (χ3n) is 4.39. The minimum atomic E-state index is -3.56. The Labute approximate surface area is 159 Å². The molecule has 27 heavy (non-hydrogen) atoms. The van der Waals surface area contributed by atoms with Gasteiger partial charge >= 0.3 is 0 Å². The molecule has 2 aromatic rings. The van der Waals surface area contributed by atoms with Gasteiger partial charge in [0.1, 0.15) is 5.82 Å². The largest absolute Gasteiger partial charge is 0.370 e. The minimum Gasteiger partial charge on any atom is -0.370 e. The zero-order chi connectivity index (χ0) is 19.3. The lowest BCUT2D eigenvalue weighted by Crippen LogP contribution is -2.47. The number of pyridine rings is 1. The van der Waals surface area contributed by atoms with Crippen molar-refractivity contribution < 1.29 is 8.42 Å². The summed E-state index contributed by atoms with van der Waals surface area (Å²) in [6, 6.07) is 12.3. The molecule has 0 unspecified atom stereocenters. The van der Waals surface area contributed by atoms with E-state index in [4.69, 9.17) is 5.73 Å². The number of aliphatic imine (C=N–C) groups is 1. The van der Waals surface area contributed by atoms with Crippen LogP contribution in [0.1, 0.15) is 5.56 Å². The lowest BCUT2D eigenvalue weighted by molar-refractivity contribution is 0.222. The van der Waals surface area contributed by atoms with Crippen molar-refractivity contribution in [1.82, 2.24) is 14.2 Å². The van der Waals surface area contributed by atoms with Crippen LogP contribution in [0.5, 0.6) is 0 Å². The quantitative estimate of drug-likeness (QED) is 0.584. The number of benzene rings is 1. The molecule has 1 aliphatic heterocycles. The molecular formula is C18H24N6O2S. The summed E-state index contributed by atoms with van der Waals surface area (Å²) in [4.78, 5) is 10.8. The predicted molar refractivity (Wildman–Crippen MR) is 106 cm³/mol. The van der Waals surface area contributed by atoms with E-state index in [0.29, 0.717) is 24.5 Å². The minimum absolute atomic E-state index is 0.162. The van der Waals surface area contributed by atoms with Gasteiger partial charge in [-0.2, -0.15) is 4.31 Å². The molecule has 1 saturated heterocycles. The van der Waals surface area contributed by atoms with E-state index in [2.05, 4.69) is 20.2 Å². The van der Waals surface area contributed by atoms with Crippen molar-refractivity contribution in [3.05, 3.63) is 54.2 Å². The van der Waals surface area contributed by atoms with Crippen molar-refractivity contribution in [2.75, 3.05) is 38.5 Å². The molecule has 2 heterocycles. The number of nitrogens with one attached hydrogen (secondary N) is 1. The van der Waals surface area contributed by atoms with Crippen LogP contribution < -0.4 is 11.1 Å². The number of rotatable bonds is 5. The van der Waals surface area contributed by atoms with Gasteiger partial charge in [-0.15, -0.1) is 0 Å². The van der Waals surface area contributed by atoms with Crippen molar-refractivity contribution in [3.63, 3.8) is 0 Å². The van der Waals surface area contributed by atoms with Crippen molar-refractivity contribution in [1.29, 1.82) is 0 Å². The van der Waals surface area contributed by atoms with E-state index in [1.165, 1.54) is 4.31 Å². The number of hydrogen-bond donors (Lipinski definition) is 2. The number of piperazine rings is 1. The van der Waals surface area contributed by atoms with Crippen LogP contribution in [0, 0.1) is 0 Å². The SMILES string of the molecule is CN1CCN(S(=O)(=O)c2ccccc2CN=C(N)Nc2ccccn2)CC1. The molecule has 0 saturated carbocycles. The number of anilines is 1. The molecule has 0 atom stereocenters. The highest BCUT2D eigenvalue weighted by Crippen LogP contribution is 2.22. The third-order valence-corrected chi connectivity index (χ3v) is 6.39. The lowest BCUT2D eigenvalue weighted by Gasteiger charge is -2.32. The summed E-state index contributed by atoms with van der Waals surface area (Å²) in [6.45, 7) is 2.58. The maximum Gasteiger partial charge on any atom is 0.243 e. The molecule has 0 aliphatic carbocycles. The van der Waals surface area contributed by atoms with Gasteiger partial charge in [0, 0.05) is 32.4 Å². The number of nitrogens with two attached hydrogens (primary N) is 1. The van der Waals surface area contributed by atoms with Gasteiger partial charge < -0.3 is 16.0 Å². The highest BCUT2D eigenvalue weighted by molar-refractivity contribution is 7.89. The monoisotopic (exact) mass is 388 g/mol. The second-order valence-corrected chi connectivity index (χ2v) is 8.26. The number of guanidine groups is 1. The molecule has 0 radical (unpaired) electrons. The van der Waals surface area contributed by atoms with Gasteiger partial charge in [0.2, 0.25) is 10.0 Å². The first-order chi connectivity index (χ1) is 13.0. The van der Waals surface area contributed by atoms with E-state index in [9.17, 15) is 8.42 Å². The predicted octanol–water partition coefficient (Wildman–Crippen LogP) is 0.945. The second-order valence-electron chi connectivity index (χ2n) is 6.36. The average molecular weight is 388 g/mol. The Bertz CT molecular complexity index is 893. The summed E-state index contributed by atoms with van der Waals surface area (Å²) in [5.74, 6) is 0.762. The molecule has 0 spiro atoms. The smallest absolute Gasteiger partial charge is 0.243 e. The summed E-state index contributed by atoms with van der Waals surface area (Å²) in [7, 11) is -1.57. The Morgan fingerprint density at radius 1 is 1.15 bits per heavy atom. The van der Waals surface area contributed by atoms with Crippen molar-refractivity contribution in [2.24, 2.45) is 10.7 Å². The average Bonchev–Trinajstić information content (AvgIpc) is 2.68. The Hall–Kier alpha value is -2.49. The Balaban J connectivity index is 1.76. The summed E-state index contributed by atoms with van der Waals surface area (Å²) in [6.07, 6.45) is 1.65. The molecule has 1 fully saturated rings. The topological polar surface area (TPSA) is 104 Å². The first kappa shape index (κ1) is 19.3. The molecule has 0 bridgehead atoms. The van der Waals surface area contributed by atoms with Crippen molar-refractivity contribution in [3.8, 4) is 0 Å². The summed E-state index contributed by atoms with van der Waals surface area (Å²) < 4.78 is 27.6. The molecule has 3 N–H and O–H groups in total. The molecule has 144 valence electrons. The van der Waals surface area contributed by atoms with Crippen molar-refractivity contribution in [2.45, 2.75) is 11.4 Å². The molecular weight excluding hydrogens is 364 g/mol. The molecule has 0 amide bonds. The summed E-state index contributed by atoms with van der Waals surface area (Å²) in [5, 5.41) is 2.89. The van der Waals surface area contributed by atoms with Gasteiger partial charge in [-0.05, 0) is 30.8 Å². The van der Waals surface area contributed by atoms with E-state index in [1.807, 2.05) is 13.1 Å². The molecule has 8 nitrogen and oxygen atoms in total. The zero-order valence-electron chi connectivity index (χ0n) is 15.2. The van der Waals surface area contributed by atoms with Crippen LogP contribution in [0.2, 0.25) is 0 Å². The molecule has 9 heteroatoms. The fourth-order valence-electron chi connectivity index (χ4n) is 2.83. The van der Waals surface area contributed by atoms with Gasteiger partial charge in [-0.1, -0.05) is 24.3 Å². The summed E-state index contributed by atoms with van der Waals surface area (Å²) in [5.41, 5.74) is 6.52. The second kappa shape index (κ2) is 8.47. The van der Waals surface area contributed by atoms with Crippen LogP contribution in [-0.4, -0.2) is 61.8 Å². The van der Waals surface area contributed by atoms with E-state index in [1.54, 1.807) is 42.6 Å². The van der Waals surface area contributed by atoms with Crippen LogP contribution >= 0.6 is 0 Å². The molecule has 1 aromatic heterocycles. The summed E-state index contributed by atoms with van der Waals surface area (Å²) >= 11 is 0. The maximum atomic E-state index is 13.1. The van der Waals surface area contributed by atoms with Gasteiger partial charge in [-0.3, -0.25) is 0 Å². The van der Waals surface area contributed by atoms with Crippen LogP contribution in [0.25, 0.3) is 0 Å². The number of sulfonamides is 1. The fraction of sp³-hybridized carbons (Fsp3) is 0.333. The Morgan fingerprint density at radius 3 is 2.56 bits per heavy atom. The van der Waals surface area contributed by atoms with E-state index in [0.717, 1.165) is 13.1 Å². The van der Waals surface area contributed by atoms with E-state index >= 15 is 0 Å². The Kier molecular flexibility index (Phi) is 6.04. The highest BCUT2D eigenvalue weighted by atomic mass is 32.2. The number of likely N-dealkylation sites (N-methyl/N-ethyl adjacent to an activating group) is 1. The van der Waals surface area contributed by atoms with Crippen LogP contribution in [0.4, 0.5) is 5.82 Å². The van der Waals surface area contributed by atoms with Crippen LogP contribution in [0.3, 0.4) is 0 Å². The first-order valence-electron chi connectivity index (χ1n) is 8.71. The zero-order valence-corrected chi connectivity index (χ0v) is 16.1. The van der Waals surface area contributed by atoms with Crippen molar-refractivity contribution >= 4 is 21.8 Å². The van der Waals surface area contributed by atoms with Gasteiger partial charge in [0.15, 0.2) is 5.96 Å². The van der Waals surface area contributed by atoms with Gasteiger partial charge in [-0.25, -0.2) is 18.4 Å². The normalized spacial score (nSPS) is 17.0. The molecule has 3 rings (SSSR count). The van der Waals surface area contributed by atoms with Crippen LogP contribution in [0.15, 0.2) is 58.5 Å². The maximum absolute atomic E-state index is 13.1. The standard InChI is InChI=1S/C18H24N6O2S/c1-23-10-12-24(13-11-23)27(25,26)16-7-3-2-6-15(16)14-21-18(19)22-17-8-4-5-9-20-17/h2-9H,10-14H2,1H3,(H3,19,20,21,22). The van der Waals surface area contributed by atoms with Gasteiger partial charge in [0.25, 0.3) is 0 Å². The van der Waals surface area contributed by atoms with Gasteiger partial charge in [0.05, 0.1) is 11.4 Å². The van der Waals surface area contributed by atoms with E-state index < -0.39 is 10.0 Å². The lowest BCUT2D eigenvalue weighted by atomic mass is 10.2. The number of aromatic nitrogens is 1.